The molecule has 1 aliphatic rings. The van der Waals surface area contributed by atoms with Crippen LogP contribution < -0.4 is 5.73 Å². The molecule has 2 N–H and O–H groups in total. The van der Waals surface area contributed by atoms with Crippen molar-refractivity contribution >= 4 is 5.91 Å². The molecule has 1 rings (SSSR count). The van der Waals surface area contributed by atoms with Crippen LogP contribution in [-0.2, 0) is 9.53 Å². The van der Waals surface area contributed by atoms with Crippen LogP contribution in [0.5, 0.6) is 0 Å². The third kappa shape index (κ3) is 3.19. The minimum Gasteiger partial charge on any atom is -0.376 e. The second-order valence-electron chi connectivity index (χ2n) is 5.12. The Labute approximate surface area is 98.1 Å². The molecule has 0 radical (unpaired) electrons. The monoisotopic (exact) mass is 228 g/mol. The molecule has 4 nitrogen and oxygen atoms in total. The summed E-state index contributed by atoms with van der Waals surface area (Å²) < 4.78 is 5.46. The Morgan fingerprint density at radius 3 is 2.62 bits per heavy atom. The van der Waals surface area contributed by atoms with Gasteiger partial charge in [-0.25, -0.2) is 0 Å². The number of hydrogen-bond donors (Lipinski definition) is 1. The smallest absolute Gasteiger partial charge is 0.239 e. The molecule has 2 unspecified atom stereocenters. The maximum Gasteiger partial charge on any atom is 0.239 e. The Hall–Kier alpha value is -0.610. The predicted octanol–water partition coefficient (Wildman–Crippen LogP) is 0.996. The highest BCUT2D eigenvalue weighted by atomic mass is 16.5. The van der Waals surface area contributed by atoms with Gasteiger partial charge in [-0.2, -0.15) is 0 Å². The van der Waals surface area contributed by atoms with Crippen LogP contribution in [-0.4, -0.2) is 42.6 Å². The van der Waals surface area contributed by atoms with Crippen molar-refractivity contribution in [1.82, 2.24) is 4.90 Å². The highest BCUT2D eigenvalue weighted by Crippen LogP contribution is 2.19. The summed E-state index contributed by atoms with van der Waals surface area (Å²) in [6.45, 7) is 6.90. The molecule has 16 heavy (non-hydrogen) atoms. The number of carbonyl (C=O) groups is 1. The van der Waals surface area contributed by atoms with Crippen LogP contribution in [0.25, 0.3) is 0 Å². The van der Waals surface area contributed by atoms with Crippen molar-refractivity contribution in [2.75, 3.05) is 13.7 Å². The van der Waals surface area contributed by atoms with Gasteiger partial charge in [0.25, 0.3) is 0 Å². The Morgan fingerprint density at radius 2 is 2.19 bits per heavy atom. The average molecular weight is 228 g/mol. The SMILES string of the molecule is CC(C)C[C@@H](N)C(=O)N(C)C1CCOC1C. The van der Waals surface area contributed by atoms with Crippen LogP contribution in [0.3, 0.4) is 0 Å². The minimum absolute atomic E-state index is 0.0380. The van der Waals surface area contributed by atoms with Crippen LogP contribution in [0.4, 0.5) is 0 Å². The number of ether oxygens (including phenoxy) is 1. The zero-order valence-electron chi connectivity index (χ0n) is 10.8. The molecule has 1 heterocycles. The number of carbonyl (C=O) groups excluding carboxylic acids is 1. The highest BCUT2D eigenvalue weighted by molar-refractivity contribution is 5.81. The van der Waals surface area contributed by atoms with Gasteiger partial charge in [-0.15, -0.1) is 0 Å². The van der Waals surface area contributed by atoms with Gasteiger partial charge in [-0.1, -0.05) is 13.8 Å². The van der Waals surface area contributed by atoms with Gasteiger partial charge < -0.3 is 15.4 Å². The quantitative estimate of drug-likeness (QED) is 0.781. The molecule has 1 amide bonds. The summed E-state index contributed by atoms with van der Waals surface area (Å²) >= 11 is 0. The molecule has 0 aromatic rings. The van der Waals surface area contributed by atoms with E-state index in [0.717, 1.165) is 19.4 Å². The van der Waals surface area contributed by atoms with Crippen molar-refractivity contribution in [1.29, 1.82) is 0 Å². The molecular formula is C12H24N2O2. The molecule has 1 saturated heterocycles. The van der Waals surface area contributed by atoms with Crippen molar-refractivity contribution in [2.45, 2.75) is 51.8 Å². The first-order chi connectivity index (χ1) is 7.43. The normalized spacial score (nSPS) is 27.1. The van der Waals surface area contributed by atoms with Gasteiger partial charge in [0, 0.05) is 13.7 Å². The van der Waals surface area contributed by atoms with Crippen LogP contribution in [0.1, 0.15) is 33.6 Å². The van der Waals surface area contributed by atoms with Crippen molar-refractivity contribution in [3.8, 4) is 0 Å². The fraction of sp³-hybridized carbons (Fsp3) is 0.917. The van der Waals surface area contributed by atoms with Crippen LogP contribution in [0, 0.1) is 5.92 Å². The summed E-state index contributed by atoms with van der Waals surface area (Å²) in [6, 6.07) is -0.191. The Kier molecular flexibility index (Phi) is 4.74. The van der Waals surface area contributed by atoms with E-state index in [1.165, 1.54) is 0 Å². The van der Waals surface area contributed by atoms with Crippen LogP contribution in [0.2, 0.25) is 0 Å². The van der Waals surface area contributed by atoms with Gasteiger partial charge in [0.1, 0.15) is 0 Å². The van der Waals surface area contributed by atoms with Gasteiger partial charge in [0.15, 0.2) is 0 Å². The number of likely N-dealkylation sites (N-methyl/N-ethyl adjacent to an activating group) is 1. The molecule has 3 atom stereocenters. The maximum absolute atomic E-state index is 12.1. The summed E-state index contributed by atoms with van der Waals surface area (Å²) in [5.41, 5.74) is 5.90. The first-order valence-corrected chi connectivity index (χ1v) is 6.07. The Balaban J connectivity index is 2.52. The first-order valence-electron chi connectivity index (χ1n) is 6.07. The molecule has 4 heteroatoms. The molecular weight excluding hydrogens is 204 g/mol. The minimum atomic E-state index is -0.377. The van der Waals surface area contributed by atoms with Crippen molar-refractivity contribution in [3.05, 3.63) is 0 Å². The molecule has 0 aromatic heterocycles. The highest BCUT2D eigenvalue weighted by Gasteiger charge is 2.32. The predicted molar refractivity (Wildman–Crippen MR) is 64.0 cm³/mol. The third-order valence-corrected chi connectivity index (χ3v) is 3.22. The van der Waals surface area contributed by atoms with Gasteiger partial charge in [0.2, 0.25) is 5.91 Å². The van der Waals surface area contributed by atoms with E-state index in [4.69, 9.17) is 10.5 Å². The van der Waals surface area contributed by atoms with Gasteiger partial charge in [-0.05, 0) is 25.7 Å². The van der Waals surface area contributed by atoms with E-state index in [9.17, 15) is 4.79 Å². The average Bonchev–Trinajstić information content (AvgIpc) is 2.61. The number of amides is 1. The molecule has 0 spiro atoms. The Morgan fingerprint density at radius 1 is 1.56 bits per heavy atom. The zero-order chi connectivity index (χ0) is 12.3. The second kappa shape index (κ2) is 5.64. The summed E-state index contributed by atoms with van der Waals surface area (Å²) in [7, 11) is 1.83. The molecule has 0 aromatic carbocycles. The second-order valence-corrected chi connectivity index (χ2v) is 5.12. The van der Waals surface area contributed by atoms with E-state index in [0.29, 0.717) is 5.92 Å². The van der Waals surface area contributed by atoms with E-state index < -0.39 is 0 Å². The maximum atomic E-state index is 12.1. The fourth-order valence-corrected chi connectivity index (χ4v) is 2.26. The molecule has 1 fully saturated rings. The largest absolute Gasteiger partial charge is 0.376 e. The lowest BCUT2D eigenvalue weighted by Crippen LogP contribution is -2.49. The zero-order valence-corrected chi connectivity index (χ0v) is 10.8. The lowest BCUT2D eigenvalue weighted by atomic mass is 10.0. The first kappa shape index (κ1) is 13.5. The molecule has 0 aliphatic carbocycles. The molecule has 1 aliphatic heterocycles. The van der Waals surface area contributed by atoms with E-state index in [2.05, 4.69) is 13.8 Å². The van der Waals surface area contributed by atoms with Gasteiger partial charge in [0.05, 0.1) is 18.2 Å². The fourth-order valence-electron chi connectivity index (χ4n) is 2.26. The number of hydrogen-bond acceptors (Lipinski definition) is 3. The summed E-state index contributed by atoms with van der Waals surface area (Å²) in [5.74, 6) is 0.487. The molecule has 94 valence electrons. The van der Waals surface area contributed by atoms with E-state index >= 15 is 0 Å². The number of nitrogens with two attached hydrogens (primary N) is 1. The van der Waals surface area contributed by atoms with Crippen molar-refractivity contribution in [2.24, 2.45) is 11.7 Å². The lowest BCUT2D eigenvalue weighted by Gasteiger charge is -2.29. The van der Waals surface area contributed by atoms with Crippen molar-refractivity contribution in [3.63, 3.8) is 0 Å². The molecule has 0 saturated carbocycles. The Bertz CT molecular complexity index is 243. The molecule has 0 bridgehead atoms. The van der Waals surface area contributed by atoms with E-state index in [1.807, 2.05) is 14.0 Å². The van der Waals surface area contributed by atoms with Gasteiger partial charge >= 0.3 is 0 Å². The van der Waals surface area contributed by atoms with Gasteiger partial charge in [-0.3, -0.25) is 4.79 Å². The third-order valence-electron chi connectivity index (χ3n) is 3.22. The number of nitrogens with zero attached hydrogens (tertiary/aromatic N) is 1. The summed E-state index contributed by atoms with van der Waals surface area (Å²) in [5, 5.41) is 0. The lowest BCUT2D eigenvalue weighted by molar-refractivity contribution is -0.134. The van der Waals surface area contributed by atoms with Crippen LogP contribution >= 0.6 is 0 Å². The summed E-state index contributed by atoms with van der Waals surface area (Å²) in [6.07, 6.45) is 1.78. The van der Waals surface area contributed by atoms with Crippen molar-refractivity contribution < 1.29 is 9.53 Å². The summed E-state index contributed by atoms with van der Waals surface area (Å²) in [4.78, 5) is 13.8. The van der Waals surface area contributed by atoms with Crippen LogP contribution in [0.15, 0.2) is 0 Å². The van der Waals surface area contributed by atoms with E-state index in [1.54, 1.807) is 4.90 Å². The standard InChI is InChI=1S/C12H24N2O2/c1-8(2)7-10(13)12(15)14(4)11-5-6-16-9(11)3/h8-11H,5-7,13H2,1-4H3/t9?,10-,11?/m1/s1. The number of rotatable bonds is 4. The topological polar surface area (TPSA) is 55.6 Å². The van der Waals surface area contributed by atoms with E-state index in [-0.39, 0.29) is 24.1 Å².